The van der Waals surface area contributed by atoms with E-state index in [0.717, 1.165) is 11.4 Å². The molecule has 0 fully saturated rings. The Morgan fingerprint density at radius 3 is 2.83 bits per heavy atom. The van der Waals surface area contributed by atoms with E-state index in [9.17, 15) is 9.18 Å². The molecule has 0 saturated carbocycles. The fraction of sp³-hybridized carbons (Fsp3) is 0.333. The predicted molar refractivity (Wildman–Crippen MR) is 103 cm³/mol. The average Bonchev–Trinajstić information content (AvgIpc) is 3.23. The van der Waals surface area contributed by atoms with Crippen molar-refractivity contribution in [3.05, 3.63) is 63.9 Å². The Bertz CT molecular complexity index is 1070. The minimum atomic E-state index is -0.342. The zero-order valence-electron chi connectivity index (χ0n) is 16.5. The fourth-order valence-electron chi connectivity index (χ4n) is 3.65. The van der Waals surface area contributed by atoms with Crippen LogP contribution in [0.4, 0.5) is 4.39 Å². The van der Waals surface area contributed by atoms with Gasteiger partial charge < -0.3 is 19.3 Å². The van der Waals surface area contributed by atoms with Crippen LogP contribution in [0.25, 0.3) is 5.82 Å². The summed E-state index contributed by atoms with van der Waals surface area (Å²) in [5.74, 6) is 1.45. The maximum Gasteiger partial charge on any atom is 0.253 e. The van der Waals surface area contributed by atoms with E-state index in [0.29, 0.717) is 53.6 Å². The van der Waals surface area contributed by atoms with Crippen LogP contribution in [0.3, 0.4) is 0 Å². The summed E-state index contributed by atoms with van der Waals surface area (Å²) in [4.78, 5) is 12.7. The molecule has 3 heterocycles. The molecule has 1 aliphatic heterocycles. The Hall–Kier alpha value is -3.13. The molecular formula is C21H22FN3O4. The summed E-state index contributed by atoms with van der Waals surface area (Å²) in [6, 6.07) is 6.49. The van der Waals surface area contributed by atoms with Crippen LogP contribution >= 0.6 is 0 Å². The van der Waals surface area contributed by atoms with Gasteiger partial charge in [0.2, 0.25) is 0 Å². The highest BCUT2D eigenvalue weighted by Gasteiger charge is 2.20. The van der Waals surface area contributed by atoms with E-state index in [1.54, 1.807) is 0 Å². The fourth-order valence-corrected chi connectivity index (χ4v) is 3.65. The number of benzene rings is 1. The molecule has 2 aromatic heterocycles. The van der Waals surface area contributed by atoms with Gasteiger partial charge in [-0.15, -0.1) is 0 Å². The van der Waals surface area contributed by atoms with Gasteiger partial charge >= 0.3 is 0 Å². The minimum Gasteiger partial charge on any atom is -0.467 e. The van der Waals surface area contributed by atoms with E-state index in [1.165, 1.54) is 12.1 Å². The summed E-state index contributed by atoms with van der Waals surface area (Å²) >= 11 is 0. The molecule has 8 heteroatoms. The van der Waals surface area contributed by atoms with E-state index >= 15 is 0 Å². The Kier molecular flexibility index (Phi) is 5.10. The topological polar surface area (TPSA) is 78.5 Å². The van der Waals surface area contributed by atoms with Gasteiger partial charge in [-0.2, -0.15) is 0 Å². The summed E-state index contributed by atoms with van der Waals surface area (Å²) in [5.41, 5.74) is 3.62. The highest BCUT2D eigenvalue weighted by atomic mass is 19.1. The Morgan fingerprint density at radius 1 is 1.24 bits per heavy atom. The van der Waals surface area contributed by atoms with Crippen molar-refractivity contribution in [3.63, 3.8) is 0 Å². The van der Waals surface area contributed by atoms with Gasteiger partial charge in [0.15, 0.2) is 12.6 Å². The van der Waals surface area contributed by atoms with Crippen LogP contribution in [-0.4, -0.2) is 29.0 Å². The molecule has 0 aliphatic carbocycles. The number of fused-ring (bicyclic) bond motifs is 1. The van der Waals surface area contributed by atoms with Gasteiger partial charge in [-0.05, 0) is 51.0 Å². The molecule has 0 spiro atoms. The largest absolute Gasteiger partial charge is 0.467 e. The van der Waals surface area contributed by atoms with Crippen LogP contribution in [0, 0.1) is 26.6 Å². The van der Waals surface area contributed by atoms with E-state index in [1.807, 2.05) is 37.5 Å². The molecule has 7 nitrogen and oxygen atoms in total. The number of nitrogens with one attached hydrogen (secondary N) is 1. The minimum absolute atomic E-state index is 0.144. The molecule has 1 N–H and O–H groups in total. The molecular weight excluding hydrogens is 377 g/mol. The van der Waals surface area contributed by atoms with Crippen molar-refractivity contribution in [2.24, 2.45) is 0 Å². The van der Waals surface area contributed by atoms with Crippen molar-refractivity contribution in [1.29, 1.82) is 0 Å². The summed E-state index contributed by atoms with van der Waals surface area (Å²) in [7, 11) is 0. The third-order valence-electron chi connectivity index (χ3n) is 4.95. The lowest BCUT2D eigenvalue weighted by molar-refractivity contribution is -0.0172. The molecule has 4 rings (SSSR count). The third kappa shape index (κ3) is 3.75. The molecule has 1 aromatic carbocycles. The van der Waals surface area contributed by atoms with Crippen molar-refractivity contribution in [2.75, 3.05) is 13.3 Å². The molecule has 0 atom stereocenters. The van der Waals surface area contributed by atoms with E-state index < -0.39 is 0 Å². The lowest BCUT2D eigenvalue weighted by Gasteiger charge is -2.21. The van der Waals surface area contributed by atoms with Crippen LogP contribution in [0.2, 0.25) is 0 Å². The zero-order chi connectivity index (χ0) is 20.5. The van der Waals surface area contributed by atoms with Gasteiger partial charge in [0.25, 0.3) is 5.91 Å². The number of rotatable bonds is 5. The van der Waals surface area contributed by atoms with Gasteiger partial charge in [0.05, 0.1) is 12.2 Å². The van der Waals surface area contributed by atoms with Gasteiger partial charge in [0, 0.05) is 29.6 Å². The number of hydrogen-bond acceptors (Lipinski definition) is 5. The summed E-state index contributed by atoms with van der Waals surface area (Å²) in [6.45, 7) is 6.41. The first-order chi connectivity index (χ1) is 13.9. The smallest absolute Gasteiger partial charge is 0.253 e. The standard InChI is InChI=1S/C21H22FN3O4/c1-12-6-18(14(3)25(12)19-7-13(2)29-24-19)21(26)23-5-4-15-8-17(22)9-16-10-27-11-28-20(15)16/h6-9H,4-5,10-11H2,1-3H3,(H,23,26). The first kappa shape index (κ1) is 19.2. The van der Waals surface area contributed by atoms with Gasteiger partial charge in [0.1, 0.15) is 17.3 Å². The maximum atomic E-state index is 13.9. The van der Waals surface area contributed by atoms with Gasteiger partial charge in [-0.1, -0.05) is 5.16 Å². The number of nitrogens with zero attached hydrogens (tertiary/aromatic N) is 2. The van der Waals surface area contributed by atoms with Crippen LogP contribution < -0.4 is 10.1 Å². The van der Waals surface area contributed by atoms with Crippen molar-refractivity contribution in [2.45, 2.75) is 33.8 Å². The second-order valence-corrected chi connectivity index (χ2v) is 7.09. The lowest BCUT2D eigenvalue weighted by atomic mass is 10.1. The van der Waals surface area contributed by atoms with Crippen molar-refractivity contribution in [1.82, 2.24) is 15.0 Å². The van der Waals surface area contributed by atoms with E-state index in [2.05, 4.69) is 10.5 Å². The Morgan fingerprint density at radius 2 is 2.07 bits per heavy atom. The van der Waals surface area contributed by atoms with Crippen molar-refractivity contribution in [3.8, 4) is 11.6 Å². The predicted octanol–water partition coefficient (Wildman–Crippen LogP) is 3.37. The average molecular weight is 399 g/mol. The van der Waals surface area contributed by atoms with E-state index in [-0.39, 0.29) is 18.5 Å². The monoisotopic (exact) mass is 399 g/mol. The molecule has 0 unspecified atom stereocenters. The number of carbonyl (C=O) groups excluding carboxylic acids is 1. The maximum absolute atomic E-state index is 13.9. The Labute approximate surface area is 167 Å². The second-order valence-electron chi connectivity index (χ2n) is 7.09. The Balaban J connectivity index is 1.47. The molecule has 0 radical (unpaired) electrons. The lowest BCUT2D eigenvalue weighted by Crippen LogP contribution is -2.26. The summed E-state index contributed by atoms with van der Waals surface area (Å²) in [6.07, 6.45) is 0.451. The number of ether oxygens (including phenoxy) is 2. The van der Waals surface area contributed by atoms with Gasteiger partial charge in [-0.3, -0.25) is 9.36 Å². The SMILES string of the molecule is Cc1cc(-n2c(C)cc(C(=O)NCCc3cc(F)cc4c3OCOC4)c2C)no1. The first-order valence-electron chi connectivity index (χ1n) is 9.36. The van der Waals surface area contributed by atoms with E-state index in [4.69, 9.17) is 14.0 Å². The molecule has 0 saturated heterocycles. The highest BCUT2D eigenvalue weighted by Crippen LogP contribution is 2.29. The molecule has 0 bridgehead atoms. The molecule has 3 aromatic rings. The third-order valence-corrected chi connectivity index (χ3v) is 4.95. The van der Waals surface area contributed by atoms with Crippen molar-refractivity contribution >= 4 is 5.91 Å². The summed E-state index contributed by atoms with van der Waals surface area (Å²) in [5, 5.41) is 6.93. The van der Waals surface area contributed by atoms with Crippen LogP contribution in [-0.2, 0) is 17.8 Å². The molecule has 1 amide bonds. The number of amides is 1. The normalized spacial score (nSPS) is 13.1. The summed E-state index contributed by atoms with van der Waals surface area (Å²) < 4.78 is 31.6. The van der Waals surface area contributed by atoms with Crippen LogP contribution in [0.1, 0.15) is 38.6 Å². The van der Waals surface area contributed by atoms with Crippen LogP contribution in [0.15, 0.2) is 28.8 Å². The zero-order valence-corrected chi connectivity index (χ0v) is 16.5. The van der Waals surface area contributed by atoms with Crippen molar-refractivity contribution < 1.29 is 23.2 Å². The number of hydrogen-bond donors (Lipinski definition) is 1. The molecule has 1 aliphatic rings. The first-order valence-corrected chi connectivity index (χ1v) is 9.36. The molecule has 152 valence electrons. The number of halogens is 1. The van der Waals surface area contributed by atoms with Crippen LogP contribution in [0.5, 0.6) is 5.75 Å². The number of aryl methyl sites for hydroxylation is 2. The second kappa shape index (κ2) is 7.71. The number of aromatic nitrogens is 2. The quantitative estimate of drug-likeness (QED) is 0.712. The highest BCUT2D eigenvalue weighted by molar-refractivity contribution is 5.95. The van der Waals surface area contributed by atoms with Gasteiger partial charge in [-0.25, -0.2) is 4.39 Å². The number of carbonyl (C=O) groups is 1. The molecule has 29 heavy (non-hydrogen) atoms.